The normalized spacial score (nSPS) is 11.0. The Kier molecular flexibility index (Phi) is 10.1. The molecule has 0 fully saturated rings. The van der Waals surface area contributed by atoms with Crippen LogP contribution < -0.4 is 23.7 Å². The van der Waals surface area contributed by atoms with Crippen LogP contribution in [-0.4, -0.2) is 64.4 Å². The molecule has 13 nitrogen and oxygen atoms in total. The number of aryl methyl sites for hydroxylation is 1. The molecule has 2 aromatic carbocycles. The van der Waals surface area contributed by atoms with Gasteiger partial charge in [0.25, 0.3) is 5.88 Å². The summed E-state index contributed by atoms with van der Waals surface area (Å²) in [4.78, 5) is 25.5. The number of para-hydroxylation sites is 2. The van der Waals surface area contributed by atoms with Crippen molar-refractivity contribution in [2.75, 3.05) is 30.8 Å². The molecule has 3 heterocycles. The van der Waals surface area contributed by atoms with Crippen molar-refractivity contribution in [1.29, 1.82) is 0 Å². The van der Waals surface area contributed by atoms with Crippen molar-refractivity contribution in [1.82, 2.24) is 29.9 Å². The maximum atomic E-state index is 13.3. The van der Waals surface area contributed by atoms with Gasteiger partial charge in [-0.25, -0.2) is 33.3 Å². The van der Waals surface area contributed by atoms with Crippen LogP contribution in [0.3, 0.4) is 0 Å². The third-order valence-electron chi connectivity index (χ3n) is 5.79. The van der Waals surface area contributed by atoms with Crippen molar-refractivity contribution < 1.29 is 27.4 Å². The molecule has 5 aromatic rings. The highest BCUT2D eigenvalue weighted by molar-refractivity contribution is 9.10. The fraction of sp³-hybridized carbons (Fsp3) is 0.172. The predicted octanol–water partition coefficient (Wildman–Crippen LogP) is 4.73. The van der Waals surface area contributed by atoms with E-state index in [4.69, 9.17) is 18.9 Å². The molecule has 0 saturated carbocycles. The van der Waals surface area contributed by atoms with Gasteiger partial charge in [-0.2, -0.15) is 4.98 Å². The lowest BCUT2D eigenvalue weighted by Crippen LogP contribution is -2.20. The summed E-state index contributed by atoms with van der Waals surface area (Å²) in [6, 6.07) is 17.9. The van der Waals surface area contributed by atoms with E-state index in [9.17, 15) is 8.42 Å². The van der Waals surface area contributed by atoms with Crippen LogP contribution in [-0.2, 0) is 16.4 Å². The summed E-state index contributed by atoms with van der Waals surface area (Å²) < 4.78 is 53.1. The fourth-order valence-corrected chi connectivity index (χ4v) is 5.00. The molecule has 0 aliphatic heterocycles. The Bertz CT molecular complexity index is 1780. The van der Waals surface area contributed by atoms with Gasteiger partial charge in [0.1, 0.15) is 13.2 Å². The average Bonchev–Trinajstić information content (AvgIpc) is 3.05. The summed E-state index contributed by atoms with van der Waals surface area (Å²) >= 11 is 3.28. The molecule has 0 aliphatic rings. The second kappa shape index (κ2) is 14.5. The first kappa shape index (κ1) is 30.6. The molecule has 1 N–H and O–H groups in total. The maximum absolute atomic E-state index is 13.3. The van der Waals surface area contributed by atoms with E-state index in [-0.39, 0.29) is 66.2 Å². The molecule has 0 amide bonds. The Balaban J connectivity index is 1.49. The summed E-state index contributed by atoms with van der Waals surface area (Å²) in [7, 11) is -2.45. The highest BCUT2D eigenvalue weighted by Crippen LogP contribution is 2.41. The zero-order valence-electron chi connectivity index (χ0n) is 23.3. The van der Waals surface area contributed by atoms with Gasteiger partial charge in [0.2, 0.25) is 21.6 Å². The van der Waals surface area contributed by atoms with Gasteiger partial charge in [0, 0.05) is 24.8 Å². The number of nitrogens with zero attached hydrogens (tertiary/aromatic N) is 6. The van der Waals surface area contributed by atoms with Crippen molar-refractivity contribution in [3.63, 3.8) is 0 Å². The van der Waals surface area contributed by atoms with Crippen LogP contribution in [0.1, 0.15) is 5.56 Å². The van der Waals surface area contributed by atoms with Crippen molar-refractivity contribution in [2.24, 2.45) is 0 Å². The second-order valence-corrected chi connectivity index (χ2v) is 11.7. The molecule has 15 heteroatoms. The van der Waals surface area contributed by atoms with Crippen molar-refractivity contribution in [3.05, 3.63) is 95.5 Å². The number of hydrogen-bond acceptors (Lipinski definition) is 12. The van der Waals surface area contributed by atoms with E-state index >= 15 is 0 Å². The zero-order chi connectivity index (χ0) is 30.8. The molecule has 0 bridgehead atoms. The van der Waals surface area contributed by atoms with Crippen molar-refractivity contribution in [3.8, 4) is 40.8 Å². The third-order valence-corrected chi connectivity index (χ3v) is 7.44. The quantitative estimate of drug-likeness (QED) is 0.161. The average molecular weight is 681 g/mol. The topological polar surface area (TPSA) is 160 Å². The molecule has 0 saturated heterocycles. The lowest BCUT2D eigenvalue weighted by atomic mass is 10.2. The van der Waals surface area contributed by atoms with Crippen LogP contribution in [0.4, 0.5) is 5.82 Å². The molecule has 0 spiro atoms. The van der Waals surface area contributed by atoms with E-state index in [2.05, 4.69) is 50.6 Å². The molecule has 0 aliphatic carbocycles. The summed E-state index contributed by atoms with van der Waals surface area (Å²) in [6.07, 6.45) is 6.41. The van der Waals surface area contributed by atoms with Crippen LogP contribution in [0.25, 0.3) is 11.6 Å². The molecule has 0 radical (unpaired) electrons. The van der Waals surface area contributed by atoms with E-state index in [0.717, 1.165) is 5.56 Å². The van der Waals surface area contributed by atoms with Crippen LogP contribution in [0.2, 0.25) is 0 Å². The number of halogens is 1. The Morgan fingerprint density at radius 3 is 2.20 bits per heavy atom. The standard InChI is InChI=1S/C29H26BrN7O6S/c1-40-22-10-5-6-11-23(22)43-24-25(37-44(38,39)17-12-20-8-3-2-4-9-20)35-27(26-31-13-7-14-32-26)36-28(24)41-15-16-42-29-33-18-21(30)19-34-29/h2-11,13-14,18-19H,12,15-17H2,1H3,(H,35,36,37). The van der Waals surface area contributed by atoms with Crippen LogP contribution in [0.15, 0.2) is 89.9 Å². The smallest absolute Gasteiger partial charge is 0.316 e. The van der Waals surface area contributed by atoms with Crippen molar-refractivity contribution in [2.45, 2.75) is 6.42 Å². The lowest BCUT2D eigenvalue weighted by Gasteiger charge is -2.18. The summed E-state index contributed by atoms with van der Waals surface area (Å²) in [5.41, 5.74) is 0.864. The van der Waals surface area contributed by atoms with Gasteiger partial charge in [0.15, 0.2) is 23.1 Å². The highest BCUT2D eigenvalue weighted by atomic mass is 79.9. The summed E-state index contributed by atoms with van der Waals surface area (Å²) in [6.45, 7) is 0.00302. The Hall–Kier alpha value is -4.89. The SMILES string of the molecule is COc1ccccc1Oc1c(NS(=O)(=O)CCc2ccccc2)nc(-c2ncccn2)nc1OCCOc1ncc(Br)cn1. The van der Waals surface area contributed by atoms with E-state index < -0.39 is 10.0 Å². The number of methoxy groups -OCH3 is 1. The number of benzene rings is 2. The number of sulfonamides is 1. The molecular weight excluding hydrogens is 654 g/mol. The largest absolute Gasteiger partial charge is 0.493 e. The first-order valence-electron chi connectivity index (χ1n) is 13.2. The van der Waals surface area contributed by atoms with Crippen LogP contribution in [0.5, 0.6) is 29.1 Å². The first-order chi connectivity index (χ1) is 21.4. The van der Waals surface area contributed by atoms with Gasteiger partial charge in [0.05, 0.1) is 17.3 Å². The number of rotatable bonds is 14. The van der Waals surface area contributed by atoms with E-state index in [1.165, 1.54) is 19.5 Å². The van der Waals surface area contributed by atoms with E-state index in [1.807, 2.05) is 30.3 Å². The van der Waals surface area contributed by atoms with E-state index in [0.29, 0.717) is 10.2 Å². The van der Waals surface area contributed by atoms with Gasteiger partial charge >= 0.3 is 6.01 Å². The first-order valence-corrected chi connectivity index (χ1v) is 15.6. The molecular formula is C29H26BrN7O6S. The van der Waals surface area contributed by atoms with Crippen LogP contribution >= 0.6 is 15.9 Å². The minimum atomic E-state index is -3.94. The minimum absolute atomic E-state index is 0.00546. The number of nitrogens with one attached hydrogen (secondary N) is 1. The van der Waals surface area contributed by atoms with Crippen LogP contribution in [0, 0.1) is 0 Å². The van der Waals surface area contributed by atoms with Gasteiger partial charge in [-0.3, -0.25) is 4.72 Å². The van der Waals surface area contributed by atoms with Gasteiger partial charge in [-0.05, 0) is 46.1 Å². The number of hydrogen-bond donors (Lipinski definition) is 1. The van der Waals surface area contributed by atoms with Gasteiger partial charge in [-0.15, -0.1) is 0 Å². The minimum Gasteiger partial charge on any atom is -0.493 e. The van der Waals surface area contributed by atoms with Crippen molar-refractivity contribution >= 4 is 31.8 Å². The molecule has 5 rings (SSSR count). The second-order valence-electron chi connectivity index (χ2n) is 8.89. The van der Waals surface area contributed by atoms with Gasteiger partial charge in [-0.1, -0.05) is 42.5 Å². The number of anilines is 1. The van der Waals surface area contributed by atoms with E-state index in [1.54, 1.807) is 42.7 Å². The Labute approximate surface area is 261 Å². The lowest BCUT2D eigenvalue weighted by molar-refractivity contribution is 0.197. The molecule has 3 aromatic heterocycles. The predicted molar refractivity (Wildman–Crippen MR) is 164 cm³/mol. The molecule has 44 heavy (non-hydrogen) atoms. The Morgan fingerprint density at radius 1 is 0.795 bits per heavy atom. The highest BCUT2D eigenvalue weighted by Gasteiger charge is 2.25. The summed E-state index contributed by atoms with van der Waals surface area (Å²) in [5, 5.41) is 0. The molecule has 0 atom stereocenters. The summed E-state index contributed by atoms with van der Waals surface area (Å²) in [5.74, 6) is 0.236. The Morgan fingerprint density at radius 2 is 1.48 bits per heavy atom. The van der Waals surface area contributed by atoms with Gasteiger partial charge < -0.3 is 18.9 Å². The fourth-order valence-electron chi connectivity index (χ4n) is 3.76. The number of aromatic nitrogens is 6. The third kappa shape index (κ3) is 8.35. The molecule has 0 unspecified atom stereocenters. The zero-order valence-corrected chi connectivity index (χ0v) is 25.7. The number of ether oxygens (including phenoxy) is 4. The molecule has 226 valence electrons. The monoisotopic (exact) mass is 679 g/mol. The maximum Gasteiger partial charge on any atom is 0.316 e.